The number of benzene rings is 1. The fourth-order valence-electron chi connectivity index (χ4n) is 3.75. The smallest absolute Gasteiger partial charge is 0.272 e. The molecule has 138 valence electrons. The van der Waals surface area contributed by atoms with Crippen molar-refractivity contribution >= 4 is 23.2 Å². The molecule has 2 fully saturated rings. The van der Waals surface area contributed by atoms with Gasteiger partial charge in [0.05, 0.1) is 6.04 Å². The molecule has 6 nitrogen and oxygen atoms in total. The first-order chi connectivity index (χ1) is 12.7. The summed E-state index contributed by atoms with van der Waals surface area (Å²) in [6.07, 6.45) is 5.10. The zero-order valence-electron chi connectivity index (χ0n) is 14.7. The van der Waals surface area contributed by atoms with Crippen molar-refractivity contribution in [1.82, 2.24) is 20.4 Å². The van der Waals surface area contributed by atoms with Crippen LogP contribution in [0.3, 0.4) is 0 Å². The number of carbonyl (C=O) groups excluding carboxylic acids is 1. The van der Waals surface area contributed by atoms with Gasteiger partial charge >= 0.3 is 0 Å². The molecule has 0 saturated carbocycles. The molecule has 0 aliphatic carbocycles. The molecule has 2 saturated heterocycles. The van der Waals surface area contributed by atoms with Crippen LogP contribution >= 0.6 is 11.6 Å². The molecule has 3 heterocycles. The lowest BCUT2D eigenvalue weighted by Gasteiger charge is -2.22. The molecule has 1 amide bonds. The molecule has 7 heteroatoms. The second kappa shape index (κ2) is 7.68. The van der Waals surface area contributed by atoms with Crippen LogP contribution in [-0.2, 0) is 0 Å². The fourth-order valence-corrected chi connectivity index (χ4v) is 3.87. The van der Waals surface area contributed by atoms with Crippen LogP contribution < -0.4 is 15.5 Å². The third-order valence-corrected chi connectivity index (χ3v) is 5.45. The summed E-state index contributed by atoms with van der Waals surface area (Å²) >= 11 is 5.95. The van der Waals surface area contributed by atoms with Gasteiger partial charge in [0.15, 0.2) is 0 Å². The topological polar surface area (TPSA) is 62.2 Å². The van der Waals surface area contributed by atoms with Crippen LogP contribution in [0.2, 0.25) is 5.02 Å². The maximum atomic E-state index is 12.5. The van der Waals surface area contributed by atoms with Gasteiger partial charge in [-0.3, -0.25) is 9.48 Å². The molecule has 2 N–H and O–H groups in total. The molecular weight excluding hydrogens is 350 g/mol. The maximum absolute atomic E-state index is 12.5. The van der Waals surface area contributed by atoms with E-state index >= 15 is 0 Å². The molecule has 2 atom stereocenters. The number of halogens is 1. The molecule has 0 spiro atoms. The van der Waals surface area contributed by atoms with E-state index in [1.54, 1.807) is 0 Å². The zero-order valence-corrected chi connectivity index (χ0v) is 15.5. The molecule has 26 heavy (non-hydrogen) atoms. The first-order valence-electron chi connectivity index (χ1n) is 9.26. The molecule has 0 bridgehead atoms. The normalized spacial score (nSPS) is 23.2. The van der Waals surface area contributed by atoms with E-state index < -0.39 is 0 Å². The van der Waals surface area contributed by atoms with Crippen LogP contribution in [-0.4, -0.2) is 47.9 Å². The minimum absolute atomic E-state index is 0.0875. The largest absolute Gasteiger partial charge is 0.369 e. The summed E-state index contributed by atoms with van der Waals surface area (Å²) in [6, 6.07) is 10.1. The fraction of sp³-hybridized carbons (Fsp3) is 0.474. The lowest BCUT2D eigenvalue weighted by molar-refractivity contribution is 0.0934. The third-order valence-electron chi connectivity index (χ3n) is 5.20. The highest BCUT2D eigenvalue weighted by molar-refractivity contribution is 6.30. The average molecular weight is 374 g/mol. The van der Waals surface area contributed by atoms with E-state index in [9.17, 15) is 4.79 Å². The number of nitrogens with one attached hydrogen (secondary N) is 2. The molecule has 1 aromatic heterocycles. The van der Waals surface area contributed by atoms with Gasteiger partial charge in [-0.15, -0.1) is 0 Å². The molecule has 4 rings (SSSR count). The second-order valence-electron chi connectivity index (χ2n) is 7.06. The summed E-state index contributed by atoms with van der Waals surface area (Å²) in [5.74, 6) is -0.0875. The van der Waals surface area contributed by atoms with Gasteiger partial charge in [-0.2, -0.15) is 5.10 Å². The van der Waals surface area contributed by atoms with Gasteiger partial charge in [-0.25, -0.2) is 0 Å². The number of rotatable bonds is 4. The van der Waals surface area contributed by atoms with Crippen molar-refractivity contribution in [2.45, 2.75) is 31.3 Å². The summed E-state index contributed by atoms with van der Waals surface area (Å²) in [5, 5.41) is 11.7. The molecule has 2 aliphatic rings. The number of piperidine rings is 1. The van der Waals surface area contributed by atoms with E-state index in [0.717, 1.165) is 56.2 Å². The summed E-state index contributed by atoms with van der Waals surface area (Å²) in [7, 11) is 0. The standard InChI is InChI=1S/C19H24ClN5O/c20-14-3-5-16(6-4-14)24-10-7-15(13-24)22-19(26)18-8-11-25(23-18)17-2-1-9-21-12-17/h3-6,8,11,15,17,21H,1-2,7,9-10,12-13H2,(H,22,26). The van der Waals surface area contributed by atoms with Gasteiger partial charge in [0, 0.05) is 42.6 Å². The highest BCUT2D eigenvalue weighted by Gasteiger charge is 2.25. The predicted molar refractivity (Wildman–Crippen MR) is 103 cm³/mol. The van der Waals surface area contributed by atoms with Crippen molar-refractivity contribution in [3.05, 3.63) is 47.2 Å². The maximum Gasteiger partial charge on any atom is 0.272 e. The van der Waals surface area contributed by atoms with Gasteiger partial charge in [-0.1, -0.05) is 11.6 Å². The number of nitrogens with zero attached hydrogens (tertiary/aromatic N) is 3. The number of carbonyl (C=O) groups is 1. The minimum Gasteiger partial charge on any atom is -0.369 e. The van der Waals surface area contributed by atoms with Gasteiger partial charge in [0.1, 0.15) is 5.69 Å². The van der Waals surface area contributed by atoms with Gasteiger partial charge in [-0.05, 0) is 56.1 Å². The van der Waals surface area contributed by atoms with Crippen molar-refractivity contribution < 1.29 is 4.79 Å². The summed E-state index contributed by atoms with van der Waals surface area (Å²) in [4.78, 5) is 14.8. The van der Waals surface area contributed by atoms with Crippen molar-refractivity contribution in [2.24, 2.45) is 0 Å². The van der Waals surface area contributed by atoms with Crippen LogP contribution in [0, 0.1) is 0 Å². The Bertz CT molecular complexity index is 754. The SMILES string of the molecule is O=C(NC1CCN(c2ccc(Cl)cc2)C1)c1ccn(C2CCCNC2)n1. The van der Waals surface area contributed by atoms with E-state index in [0.29, 0.717) is 11.7 Å². The molecular formula is C19H24ClN5O. The Kier molecular flexibility index (Phi) is 5.13. The van der Waals surface area contributed by atoms with Gasteiger partial charge in [0.2, 0.25) is 0 Å². The summed E-state index contributed by atoms with van der Waals surface area (Å²) in [6.45, 7) is 3.72. The predicted octanol–water partition coefficient (Wildman–Crippen LogP) is 2.47. The number of hydrogen-bond acceptors (Lipinski definition) is 4. The first-order valence-corrected chi connectivity index (χ1v) is 9.64. The summed E-state index contributed by atoms with van der Waals surface area (Å²) in [5.41, 5.74) is 1.64. The number of amides is 1. The van der Waals surface area contributed by atoms with E-state index in [2.05, 4.69) is 20.6 Å². The lowest BCUT2D eigenvalue weighted by Crippen LogP contribution is -2.37. The monoisotopic (exact) mass is 373 g/mol. The first kappa shape index (κ1) is 17.4. The number of hydrogen-bond donors (Lipinski definition) is 2. The lowest BCUT2D eigenvalue weighted by atomic mass is 10.1. The molecule has 0 radical (unpaired) electrons. The Balaban J connectivity index is 1.33. The van der Waals surface area contributed by atoms with Crippen LogP contribution in [0.5, 0.6) is 0 Å². The van der Waals surface area contributed by atoms with Crippen LogP contribution in [0.4, 0.5) is 5.69 Å². The Morgan fingerprint density at radius 1 is 1.23 bits per heavy atom. The zero-order chi connectivity index (χ0) is 17.9. The van der Waals surface area contributed by atoms with Crippen LogP contribution in [0.15, 0.2) is 36.5 Å². The van der Waals surface area contributed by atoms with Crippen molar-refractivity contribution in [3.63, 3.8) is 0 Å². The molecule has 2 aromatic rings. The average Bonchev–Trinajstić information content (AvgIpc) is 3.33. The Labute approximate surface area is 158 Å². The van der Waals surface area contributed by atoms with Crippen molar-refractivity contribution in [1.29, 1.82) is 0 Å². The summed E-state index contributed by atoms with van der Waals surface area (Å²) < 4.78 is 1.93. The van der Waals surface area contributed by atoms with Crippen molar-refractivity contribution in [3.8, 4) is 0 Å². The quantitative estimate of drug-likeness (QED) is 0.864. The van der Waals surface area contributed by atoms with E-state index in [-0.39, 0.29) is 11.9 Å². The Morgan fingerprint density at radius 3 is 2.85 bits per heavy atom. The molecule has 2 aliphatic heterocycles. The highest BCUT2D eigenvalue weighted by atomic mass is 35.5. The Hall–Kier alpha value is -2.05. The van der Waals surface area contributed by atoms with Gasteiger partial charge in [0.25, 0.3) is 5.91 Å². The van der Waals surface area contributed by atoms with Gasteiger partial charge < -0.3 is 15.5 Å². The number of anilines is 1. The highest BCUT2D eigenvalue weighted by Crippen LogP contribution is 2.22. The minimum atomic E-state index is -0.0875. The molecule has 2 unspecified atom stereocenters. The van der Waals surface area contributed by atoms with E-state index in [4.69, 9.17) is 11.6 Å². The van der Waals surface area contributed by atoms with Crippen LogP contribution in [0.1, 0.15) is 35.8 Å². The third kappa shape index (κ3) is 3.86. The van der Waals surface area contributed by atoms with Crippen LogP contribution in [0.25, 0.3) is 0 Å². The molecule has 1 aromatic carbocycles. The van der Waals surface area contributed by atoms with Crippen molar-refractivity contribution in [2.75, 3.05) is 31.1 Å². The Morgan fingerprint density at radius 2 is 2.08 bits per heavy atom. The second-order valence-corrected chi connectivity index (χ2v) is 7.50. The number of aromatic nitrogens is 2. The van der Waals surface area contributed by atoms with E-state index in [1.807, 2.05) is 41.2 Å². The van der Waals surface area contributed by atoms with E-state index in [1.165, 1.54) is 0 Å².